The van der Waals surface area contributed by atoms with Crippen molar-refractivity contribution in [3.63, 3.8) is 0 Å². The lowest BCUT2D eigenvalue weighted by molar-refractivity contribution is 0.134. The number of anilines is 1. The Bertz CT molecular complexity index is 775. The second kappa shape index (κ2) is 8.50. The predicted octanol–water partition coefficient (Wildman–Crippen LogP) is 3.46. The molecule has 0 saturated carbocycles. The number of ether oxygens (including phenoxy) is 1. The summed E-state index contributed by atoms with van der Waals surface area (Å²) in [6.07, 6.45) is 7.39. The molecule has 6 nitrogen and oxygen atoms in total. The molecule has 0 unspecified atom stereocenters. The van der Waals surface area contributed by atoms with E-state index in [0.29, 0.717) is 19.8 Å². The number of carbonyl (C=O) groups is 1. The van der Waals surface area contributed by atoms with E-state index in [4.69, 9.17) is 4.74 Å². The average molecular weight is 366 g/mol. The van der Waals surface area contributed by atoms with Crippen LogP contribution in [-0.2, 0) is 18.0 Å². The maximum absolute atomic E-state index is 12.4. The van der Waals surface area contributed by atoms with E-state index in [9.17, 15) is 4.79 Å². The molecule has 6 heteroatoms. The Labute approximate surface area is 159 Å². The number of rotatable bonds is 5. The summed E-state index contributed by atoms with van der Waals surface area (Å²) in [7, 11) is 0. The second-order valence-corrected chi connectivity index (χ2v) is 7.21. The number of carbonyl (C=O) groups excluding carboxylic acids is 1. The second-order valence-electron chi connectivity index (χ2n) is 7.21. The van der Waals surface area contributed by atoms with E-state index < -0.39 is 0 Å². The monoisotopic (exact) mass is 366 g/mol. The van der Waals surface area contributed by atoms with Crippen molar-refractivity contribution in [3.8, 4) is 0 Å². The van der Waals surface area contributed by atoms with Crippen molar-refractivity contribution in [3.05, 3.63) is 59.4 Å². The molecule has 27 heavy (non-hydrogen) atoms. The number of benzene rings is 1. The van der Waals surface area contributed by atoms with Crippen LogP contribution in [-0.4, -0.2) is 35.5 Å². The van der Waals surface area contributed by atoms with Gasteiger partial charge in [0.25, 0.3) is 0 Å². The van der Waals surface area contributed by atoms with Gasteiger partial charge in [-0.15, -0.1) is 0 Å². The van der Waals surface area contributed by atoms with Crippen LogP contribution in [0.1, 0.15) is 42.0 Å². The molecule has 1 aromatic heterocycles. The zero-order valence-electron chi connectivity index (χ0n) is 15.5. The third-order valence-corrected chi connectivity index (χ3v) is 5.34. The van der Waals surface area contributed by atoms with Crippen LogP contribution in [0.25, 0.3) is 0 Å². The molecule has 0 spiro atoms. The quantitative estimate of drug-likeness (QED) is 0.850. The lowest BCUT2D eigenvalue weighted by Gasteiger charge is -2.34. The van der Waals surface area contributed by atoms with Gasteiger partial charge >= 0.3 is 6.03 Å². The molecule has 1 saturated heterocycles. The highest BCUT2D eigenvalue weighted by molar-refractivity contribution is 5.89. The molecular formula is C21H26N4O2. The third kappa shape index (κ3) is 4.46. The summed E-state index contributed by atoms with van der Waals surface area (Å²) in [6, 6.07) is 9.95. The van der Waals surface area contributed by atoms with E-state index in [0.717, 1.165) is 29.9 Å². The number of aromatic nitrogens is 1. The van der Waals surface area contributed by atoms with E-state index >= 15 is 0 Å². The lowest BCUT2D eigenvalue weighted by atomic mass is 10.0. The van der Waals surface area contributed by atoms with E-state index in [1.165, 1.54) is 24.8 Å². The summed E-state index contributed by atoms with van der Waals surface area (Å²) < 4.78 is 5.43. The Kier molecular flexibility index (Phi) is 5.65. The minimum absolute atomic E-state index is 0.151. The number of hydrogen-bond acceptors (Lipinski definition) is 4. The van der Waals surface area contributed by atoms with Gasteiger partial charge in [0.05, 0.1) is 19.3 Å². The number of pyridine rings is 1. The van der Waals surface area contributed by atoms with E-state index in [1.54, 1.807) is 6.20 Å². The van der Waals surface area contributed by atoms with Gasteiger partial charge in [-0.3, -0.25) is 9.88 Å². The first-order valence-corrected chi connectivity index (χ1v) is 9.68. The zero-order valence-corrected chi connectivity index (χ0v) is 15.5. The van der Waals surface area contributed by atoms with Crippen molar-refractivity contribution in [2.75, 3.05) is 25.0 Å². The van der Waals surface area contributed by atoms with Gasteiger partial charge in [0.1, 0.15) is 0 Å². The highest BCUT2D eigenvalue weighted by atomic mass is 16.5. The Morgan fingerprint density at radius 2 is 2.00 bits per heavy atom. The van der Waals surface area contributed by atoms with Crippen molar-refractivity contribution in [2.24, 2.45) is 0 Å². The molecule has 4 rings (SSSR count). The highest BCUT2D eigenvalue weighted by Crippen LogP contribution is 2.24. The first kappa shape index (κ1) is 17.9. The molecule has 2 aliphatic heterocycles. The predicted molar refractivity (Wildman–Crippen MR) is 104 cm³/mol. The van der Waals surface area contributed by atoms with E-state index in [-0.39, 0.29) is 12.1 Å². The normalized spacial score (nSPS) is 17.9. The summed E-state index contributed by atoms with van der Waals surface area (Å²) in [5.74, 6) is 0. The summed E-state index contributed by atoms with van der Waals surface area (Å²) in [5.41, 5.74) is 4.29. The van der Waals surface area contributed by atoms with Gasteiger partial charge in [-0.1, -0.05) is 18.6 Å². The standard InChI is InChI=1S/C21H26N4O2/c26-21(24-19-7-6-17-14-27-15-18(17)11-19)23-13-20(16-5-4-8-22-12-16)25-9-2-1-3-10-25/h4-8,11-12,20H,1-3,9-10,13-15H2,(H2,23,24,26)/t20-/m0/s1. The smallest absolute Gasteiger partial charge is 0.319 e. The number of nitrogens with one attached hydrogen (secondary N) is 2. The van der Waals surface area contributed by atoms with Crippen LogP contribution < -0.4 is 10.6 Å². The minimum Gasteiger partial charge on any atom is -0.372 e. The largest absolute Gasteiger partial charge is 0.372 e. The third-order valence-electron chi connectivity index (χ3n) is 5.34. The molecule has 2 N–H and O–H groups in total. The molecular weight excluding hydrogens is 340 g/mol. The van der Waals surface area contributed by atoms with E-state index in [2.05, 4.69) is 26.6 Å². The van der Waals surface area contributed by atoms with Crippen molar-refractivity contribution in [1.29, 1.82) is 0 Å². The number of piperidine rings is 1. The van der Waals surface area contributed by atoms with Gasteiger partial charge in [-0.2, -0.15) is 0 Å². The highest BCUT2D eigenvalue weighted by Gasteiger charge is 2.23. The fourth-order valence-corrected chi connectivity index (χ4v) is 3.88. The molecule has 2 aromatic rings. The summed E-state index contributed by atoms with van der Waals surface area (Å²) in [4.78, 5) is 19.2. The molecule has 142 valence electrons. The number of nitrogens with zero attached hydrogens (tertiary/aromatic N) is 2. The topological polar surface area (TPSA) is 66.5 Å². The maximum Gasteiger partial charge on any atom is 0.319 e. The Hall–Kier alpha value is -2.44. The molecule has 0 aliphatic carbocycles. The Morgan fingerprint density at radius 1 is 1.15 bits per heavy atom. The molecule has 2 amide bonds. The molecule has 1 aromatic carbocycles. The molecule has 3 heterocycles. The van der Waals surface area contributed by atoms with Gasteiger partial charge in [0.15, 0.2) is 0 Å². The molecule has 0 bridgehead atoms. The van der Waals surface area contributed by atoms with Crippen LogP contribution in [0, 0.1) is 0 Å². The maximum atomic E-state index is 12.4. The molecule has 1 fully saturated rings. The van der Waals surface area contributed by atoms with Gasteiger partial charge < -0.3 is 15.4 Å². The number of likely N-dealkylation sites (tertiary alicyclic amines) is 1. The Balaban J connectivity index is 1.38. The Morgan fingerprint density at radius 3 is 2.81 bits per heavy atom. The number of fused-ring (bicyclic) bond motifs is 1. The van der Waals surface area contributed by atoms with Crippen LogP contribution in [0.4, 0.5) is 10.5 Å². The van der Waals surface area contributed by atoms with Crippen LogP contribution in [0.5, 0.6) is 0 Å². The SMILES string of the molecule is O=C(NC[C@@H](c1cccnc1)N1CCCCC1)Nc1ccc2c(c1)COC2. The van der Waals surface area contributed by atoms with Gasteiger partial charge in [-0.05, 0) is 60.8 Å². The van der Waals surface area contributed by atoms with Crippen LogP contribution in [0.15, 0.2) is 42.7 Å². The van der Waals surface area contributed by atoms with Gasteiger partial charge in [0.2, 0.25) is 0 Å². The van der Waals surface area contributed by atoms with Gasteiger partial charge in [0, 0.05) is 24.6 Å². The summed E-state index contributed by atoms with van der Waals surface area (Å²) in [5, 5.41) is 5.99. The van der Waals surface area contributed by atoms with Crippen molar-refractivity contribution in [2.45, 2.75) is 38.5 Å². The van der Waals surface area contributed by atoms with Gasteiger partial charge in [-0.25, -0.2) is 4.79 Å². The van der Waals surface area contributed by atoms with Crippen LogP contribution in [0.3, 0.4) is 0 Å². The van der Waals surface area contributed by atoms with Crippen molar-refractivity contribution in [1.82, 2.24) is 15.2 Å². The summed E-state index contributed by atoms with van der Waals surface area (Å²) >= 11 is 0. The lowest BCUT2D eigenvalue weighted by Crippen LogP contribution is -2.41. The number of hydrogen-bond donors (Lipinski definition) is 2. The number of urea groups is 1. The average Bonchev–Trinajstić information content (AvgIpc) is 3.18. The summed E-state index contributed by atoms with van der Waals surface area (Å²) in [6.45, 7) is 3.96. The fourth-order valence-electron chi connectivity index (χ4n) is 3.88. The molecule has 1 atom stereocenters. The number of amides is 2. The van der Waals surface area contributed by atoms with E-state index in [1.807, 2.05) is 30.5 Å². The van der Waals surface area contributed by atoms with Crippen LogP contribution in [0.2, 0.25) is 0 Å². The zero-order chi connectivity index (χ0) is 18.5. The molecule has 2 aliphatic rings. The fraction of sp³-hybridized carbons (Fsp3) is 0.429. The van der Waals surface area contributed by atoms with Crippen LogP contribution >= 0.6 is 0 Å². The van der Waals surface area contributed by atoms with Crippen molar-refractivity contribution < 1.29 is 9.53 Å². The van der Waals surface area contributed by atoms with Crippen molar-refractivity contribution >= 4 is 11.7 Å². The molecule has 0 radical (unpaired) electrons. The first-order valence-electron chi connectivity index (χ1n) is 9.68. The first-order chi connectivity index (χ1) is 13.3. The minimum atomic E-state index is -0.181.